The standard InChI is InChI=1S/C21H20N2O3S/c1-14-22-18(13-27-14)16-5-3-15(4-6-16)11-21(24)23-17-7-8-19-20(12-17)26-10-2-9-25-19/h3-8,12-13H,2,9-11H2,1H3,(H,23,24). The maximum absolute atomic E-state index is 12.4. The molecule has 1 aliphatic rings. The van der Waals surface area contributed by atoms with E-state index in [1.54, 1.807) is 11.3 Å². The Morgan fingerprint density at radius 3 is 2.63 bits per heavy atom. The fourth-order valence-corrected chi connectivity index (χ4v) is 3.54. The van der Waals surface area contributed by atoms with Crippen LogP contribution in [0, 0.1) is 6.92 Å². The van der Waals surface area contributed by atoms with Crippen LogP contribution in [0.5, 0.6) is 11.5 Å². The molecule has 2 aromatic carbocycles. The number of aryl methyl sites for hydroxylation is 1. The van der Waals surface area contributed by atoms with Crippen molar-refractivity contribution in [1.82, 2.24) is 4.98 Å². The molecule has 4 rings (SSSR count). The van der Waals surface area contributed by atoms with Crippen LogP contribution in [0.2, 0.25) is 0 Å². The first kappa shape index (κ1) is 17.5. The third-order valence-electron chi connectivity index (χ3n) is 4.26. The second-order valence-corrected chi connectivity index (χ2v) is 7.45. The molecule has 0 saturated carbocycles. The van der Waals surface area contributed by atoms with Crippen molar-refractivity contribution in [3.05, 3.63) is 58.4 Å². The predicted octanol–water partition coefficient (Wildman–Crippen LogP) is 4.46. The minimum absolute atomic E-state index is 0.0678. The van der Waals surface area contributed by atoms with Gasteiger partial charge < -0.3 is 14.8 Å². The van der Waals surface area contributed by atoms with Gasteiger partial charge in [-0.05, 0) is 24.6 Å². The Kier molecular flexibility index (Phi) is 5.07. The molecule has 5 nitrogen and oxygen atoms in total. The minimum Gasteiger partial charge on any atom is -0.490 e. The number of hydrogen-bond acceptors (Lipinski definition) is 5. The highest BCUT2D eigenvalue weighted by molar-refractivity contribution is 7.09. The van der Waals surface area contributed by atoms with E-state index in [0.717, 1.165) is 34.0 Å². The molecule has 0 spiro atoms. The number of hydrogen-bond donors (Lipinski definition) is 1. The fraction of sp³-hybridized carbons (Fsp3) is 0.238. The Bertz CT molecular complexity index is 950. The van der Waals surface area contributed by atoms with E-state index in [2.05, 4.69) is 10.3 Å². The number of nitrogens with one attached hydrogen (secondary N) is 1. The van der Waals surface area contributed by atoms with E-state index in [1.165, 1.54) is 0 Å². The van der Waals surface area contributed by atoms with Gasteiger partial charge in [0, 0.05) is 29.1 Å². The maximum atomic E-state index is 12.4. The molecular formula is C21H20N2O3S. The van der Waals surface area contributed by atoms with Gasteiger partial charge in [0.05, 0.1) is 30.3 Å². The summed E-state index contributed by atoms with van der Waals surface area (Å²) in [5.41, 5.74) is 3.70. The Hall–Kier alpha value is -2.86. The van der Waals surface area contributed by atoms with Crippen molar-refractivity contribution in [3.8, 4) is 22.8 Å². The van der Waals surface area contributed by atoms with Gasteiger partial charge in [0.25, 0.3) is 0 Å². The number of rotatable bonds is 4. The van der Waals surface area contributed by atoms with Crippen molar-refractivity contribution in [3.63, 3.8) is 0 Å². The summed E-state index contributed by atoms with van der Waals surface area (Å²) in [5.74, 6) is 1.33. The van der Waals surface area contributed by atoms with Gasteiger partial charge in [-0.3, -0.25) is 4.79 Å². The molecule has 1 N–H and O–H groups in total. The van der Waals surface area contributed by atoms with Crippen molar-refractivity contribution in [2.75, 3.05) is 18.5 Å². The van der Waals surface area contributed by atoms with Crippen molar-refractivity contribution < 1.29 is 14.3 Å². The number of thiazole rings is 1. The van der Waals surface area contributed by atoms with Crippen LogP contribution < -0.4 is 14.8 Å². The molecule has 1 aromatic heterocycles. The highest BCUT2D eigenvalue weighted by Gasteiger charge is 2.12. The molecular weight excluding hydrogens is 360 g/mol. The lowest BCUT2D eigenvalue weighted by molar-refractivity contribution is -0.115. The van der Waals surface area contributed by atoms with Crippen molar-refractivity contribution >= 4 is 22.9 Å². The van der Waals surface area contributed by atoms with E-state index >= 15 is 0 Å². The highest BCUT2D eigenvalue weighted by atomic mass is 32.1. The third kappa shape index (κ3) is 4.28. The van der Waals surface area contributed by atoms with Crippen LogP contribution in [0.15, 0.2) is 47.8 Å². The van der Waals surface area contributed by atoms with Gasteiger partial charge in [-0.2, -0.15) is 0 Å². The molecule has 3 aromatic rings. The van der Waals surface area contributed by atoms with Gasteiger partial charge in [-0.25, -0.2) is 4.98 Å². The van der Waals surface area contributed by atoms with Crippen LogP contribution in [0.25, 0.3) is 11.3 Å². The summed E-state index contributed by atoms with van der Waals surface area (Å²) in [4.78, 5) is 16.9. The van der Waals surface area contributed by atoms with Gasteiger partial charge in [-0.15, -0.1) is 11.3 Å². The van der Waals surface area contributed by atoms with Gasteiger partial charge >= 0.3 is 0 Å². The van der Waals surface area contributed by atoms with Crippen LogP contribution in [0.3, 0.4) is 0 Å². The van der Waals surface area contributed by atoms with Gasteiger partial charge in [-0.1, -0.05) is 24.3 Å². The molecule has 1 amide bonds. The number of ether oxygens (including phenoxy) is 2. The summed E-state index contributed by atoms with van der Waals surface area (Å²) < 4.78 is 11.3. The van der Waals surface area contributed by atoms with E-state index in [0.29, 0.717) is 31.1 Å². The largest absolute Gasteiger partial charge is 0.490 e. The molecule has 0 fully saturated rings. The molecule has 138 valence electrons. The molecule has 0 saturated heterocycles. The molecule has 2 heterocycles. The minimum atomic E-state index is -0.0678. The number of carbonyl (C=O) groups excluding carboxylic acids is 1. The van der Waals surface area contributed by atoms with Crippen molar-refractivity contribution in [2.24, 2.45) is 0 Å². The molecule has 6 heteroatoms. The Labute approximate surface area is 162 Å². The second kappa shape index (κ2) is 7.80. The molecule has 0 atom stereocenters. The first-order valence-electron chi connectivity index (χ1n) is 8.88. The average molecular weight is 380 g/mol. The number of nitrogens with zero attached hydrogens (tertiary/aromatic N) is 1. The smallest absolute Gasteiger partial charge is 0.228 e. The first-order valence-corrected chi connectivity index (χ1v) is 9.76. The zero-order valence-electron chi connectivity index (χ0n) is 15.0. The molecule has 0 aliphatic carbocycles. The topological polar surface area (TPSA) is 60.5 Å². The summed E-state index contributed by atoms with van der Waals surface area (Å²) in [7, 11) is 0. The quantitative estimate of drug-likeness (QED) is 0.726. The van der Waals surface area contributed by atoms with E-state index < -0.39 is 0 Å². The highest BCUT2D eigenvalue weighted by Crippen LogP contribution is 2.32. The number of benzene rings is 2. The summed E-state index contributed by atoms with van der Waals surface area (Å²) >= 11 is 1.63. The van der Waals surface area contributed by atoms with E-state index in [4.69, 9.17) is 9.47 Å². The number of fused-ring (bicyclic) bond motifs is 1. The zero-order valence-corrected chi connectivity index (χ0v) is 15.8. The Morgan fingerprint density at radius 1 is 1.11 bits per heavy atom. The predicted molar refractivity (Wildman–Crippen MR) is 107 cm³/mol. The fourth-order valence-electron chi connectivity index (χ4n) is 2.92. The average Bonchev–Trinajstić information content (AvgIpc) is 2.96. The monoisotopic (exact) mass is 380 g/mol. The summed E-state index contributed by atoms with van der Waals surface area (Å²) in [6.45, 7) is 3.26. The number of amides is 1. The van der Waals surface area contributed by atoms with Gasteiger partial charge in [0.2, 0.25) is 5.91 Å². The van der Waals surface area contributed by atoms with Gasteiger partial charge in [0.15, 0.2) is 11.5 Å². The number of aromatic nitrogens is 1. The van der Waals surface area contributed by atoms with Crippen LogP contribution in [-0.2, 0) is 11.2 Å². The van der Waals surface area contributed by atoms with Gasteiger partial charge in [0.1, 0.15) is 0 Å². The SMILES string of the molecule is Cc1nc(-c2ccc(CC(=O)Nc3ccc4c(c3)OCCCO4)cc2)cs1. The lowest BCUT2D eigenvalue weighted by Crippen LogP contribution is -2.14. The second-order valence-electron chi connectivity index (χ2n) is 6.39. The van der Waals surface area contributed by atoms with Crippen LogP contribution in [-0.4, -0.2) is 24.1 Å². The lowest BCUT2D eigenvalue weighted by atomic mass is 10.1. The molecule has 0 radical (unpaired) electrons. The zero-order chi connectivity index (χ0) is 18.6. The van der Waals surface area contributed by atoms with Crippen molar-refractivity contribution in [2.45, 2.75) is 19.8 Å². The summed E-state index contributed by atoms with van der Waals surface area (Å²) in [6, 6.07) is 13.4. The number of carbonyl (C=O) groups is 1. The number of anilines is 1. The van der Waals surface area contributed by atoms with Crippen LogP contribution >= 0.6 is 11.3 Å². The Morgan fingerprint density at radius 2 is 1.89 bits per heavy atom. The summed E-state index contributed by atoms with van der Waals surface area (Å²) in [5, 5.41) is 6.01. The van der Waals surface area contributed by atoms with E-state index in [-0.39, 0.29) is 5.91 Å². The van der Waals surface area contributed by atoms with E-state index in [9.17, 15) is 4.79 Å². The first-order chi connectivity index (χ1) is 13.2. The third-order valence-corrected chi connectivity index (χ3v) is 5.04. The molecule has 1 aliphatic heterocycles. The maximum Gasteiger partial charge on any atom is 0.228 e. The molecule has 27 heavy (non-hydrogen) atoms. The van der Waals surface area contributed by atoms with Crippen LogP contribution in [0.1, 0.15) is 17.0 Å². The van der Waals surface area contributed by atoms with Crippen LogP contribution in [0.4, 0.5) is 5.69 Å². The lowest BCUT2D eigenvalue weighted by Gasteiger charge is -2.10. The Balaban J connectivity index is 1.40. The van der Waals surface area contributed by atoms with E-state index in [1.807, 2.05) is 54.8 Å². The van der Waals surface area contributed by atoms with Crippen molar-refractivity contribution in [1.29, 1.82) is 0 Å². The normalized spacial score (nSPS) is 13.1. The molecule has 0 unspecified atom stereocenters. The summed E-state index contributed by atoms with van der Waals surface area (Å²) in [6.07, 6.45) is 1.16. The molecule has 0 bridgehead atoms.